The Bertz CT molecular complexity index is 1350. The van der Waals surface area contributed by atoms with Crippen LogP contribution in [0.3, 0.4) is 0 Å². The third kappa shape index (κ3) is 3.86. The van der Waals surface area contributed by atoms with Gasteiger partial charge in [0.05, 0.1) is 20.4 Å². The number of halogens is 3. The maximum absolute atomic E-state index is 14.7. The van der Waals surface area contributed by atoms with Crippen LogP contribution in [0.1, 0.15) is 29.4 Å². The van der Waals surface area contributed by atoms with E-state index in [0.717, 1.165) is 0 Å². The molecule has 12 heteroatoms. The normalized spacial score (nSPS) is 15.2. The van der Waals surface area contributed by atoms with E-state index in [-0.39, 0.29) is 34.0 Å². The molecule has 4 rings (SSSR count). The summed E-state index contributed by atoms with van der Waals surface area (Å²) in [5.74, 6) is 2.21. The van der Waals surface area contributed by atoms with Crippen molar-refractivity contribution in [3.8, 4) is 23.6 Å². The lowest BCUT2D eigenvalue weighted by atomic mass is 10.1. The Morgan fingerprint density at radius 3 is 2.56 bits per heavy atom. The molecule has 2 N–H and O–H groups in total. The molecule has 0 bridgehead atoms. The number of hydrogen-bond acceptors (Lipinski definition) is 7. The lowest BCUT2D eigenvalue weighted by Gasteiger charge is -2.14. The van der Waals surface area contributed by atoms with Crippen molar-refractivity contribution in [3.63, 3.8) is 0 Å². The number of hydrogen-bond donors (Lipinski definition) is 1. The Hall–Kier alpha value is -3.91. The van der Waals surface area contributed by atoms with Crippen LogP contribution in [-0.2, 0) is 4.79 Å². The quantitative estimate of drug-likeness (QED) is 0.444. The lowest BCUT2D eigenvalue weighted by Crippen LogP contribution is -2.26. The molecule has 176 valence electrons. The number of carbonyl (C=O) groups excluding carboxylic acids is 1. The van der Waals surface area contributed by atoms with Crippen LogP contribution in [-0.4, -0.2) is 57.5 Å². The average molecular weight is 489 g/mol. The number of methoxy groups -OCH3 is 2. The van der Waals surface area contributed by atoms with Gasteiger partial charge in [-0.3, -0.25) is 9.20 Å². The van der Waals surface area contributed by atoms with Gasteiger partial charge in [-0.2, -0.15) is 13.8 Å². The molecule has 1 amide bonds. The first-order valence-electron chi connectivity index (χ1n) is 10.0. The van der Waals surface area contributed by atoms with Crippen LogP contribution in [0.5, 0.6) is 11.8 Å². The van der Waals surface area contributed by atoms with Gasteiger partial charge < -0.3 is 20.1 Å². The van der Waals surface area contributed by atoms with Gasteiger partial charge in [-0.1, -0.05) is 24.1 Å². The number of nitrogens with zero attached hydrogens (tertiary/aromatic N) is 5. The van der Waals surface area contributed by atoms with Crippen molar-refractivity contribution in [3.05, 3.63) is 52.7 Å². The number of nitrogens with two attached hydrogens (primary N) is 1. The summed E-state index contributed by atoms with van der Waals surface area (Å²) in [5, 5.41) is 0.220. The number of pyridine rings is 1. The SMILES string of the molecule is C=CC(=O)N1CC[C@H](c2nc(C#Cc3c(F)c(OC)nc(OC)c3F)c3c(N)ncc(Cl)n23)C1. The maximum Gasteiger partial charge on any atom is 0.254 e. The summed E-state index contributed by atoms with van der Waals surface area (Å²) in [6, 6.07) is 0. The van der Waals surface area contributed by atoms with E-state index in [1.54, 1.807) is 9.30 Å². The molecule has 0 spiro atoms. The van der Waals surface area contributed by atoms with E-state index in [9.17, 15) is 13.6 Å². The molecule has 3 aromatic heterocycles. The van der Waals surface area contributed by atoms with Gasteiger partial charge in [-0.05, 0) is 18.4 Å². The van der Waals surface area contributed by atoms with Crippen LogP contribution in [0, 0.1) is 23.5 Å². The molecule has 34 heavy (non-hydrogen) atoms. The van der Waals surface area contributed by atoms with Gasteiger partial charge in [-0.15, -0.1) is 0 Å². The summed E-state index contributed by atoms with van der Waals surface area (Å²) in [6.07, 6.45) is 3.23. The van der Waals surface area contributed by atoms with Gasteiger partial charge in [0.1, 0.15) is 27.8 Å². The van der Waals surface area contributed by atoms with Crippen LogP contribution in [0.15, 0.2) is 18.9 Å². The van der Waals surface area contributed by atoms with E-state index in [4.69, 9.17) is 26.8 Å². The summed E-state index contributed by atoms with van der Waals surface area (Å²) >= 11 is 6.40. The molecule has 9 nitrogen and oxygen atoms in total. The van der Waals surface area contributed by atoms with E-state index in [1.165, 1.54) is 26.5 Å². The molecule has 0 aromatic carbocycles. The van der Waals surface area contributed by atoms with Crippen molar-refractivity contribution in [2.24, 2.45) is 0 Å². The Morgan fingerprint density at radius 2 is 1.94 bits per heavy atom. The summed E-state index contributed by atoms with van der Waals surface area (Å²) in [4.78, 5) is 25.9. The van der Waals surface area contributed by atoms with Crippen LogP contribution in [0.2, 0.25) is 5.15 Å². The zero-order valence-electron chi connectivity index (χ0n) is 18.2. The van der Waals surface area contributed by atoms with Crippen molar-refractivity contribution in [2.45, 2.75) is 12.3 Å². The first kappa shape index (κ1) is 23.3. The number of nitrogen functional groups attached to an aromatic ring is 1. The lowest BCUT2D eigenvalue weighted by molar-refractivity contribution is -0.125. The Kier molecular flexibility index (Phi) is 6.26. The number of likely N-dealkylation sites (tertiary alicyclic amines) is 1. The highest BCUT2D eigenvalue weighted by atomic mass is 35.5. The summed E-state index contributed by atoms with van der Waals surface area (Å²) in [7, 11) is 2.37. The van der Waals surface area contributed by atoms with Crippen LogP contribution < -0.4 is 15.2 Å². The highest BCUT2D eigenvalue weighted by Gasteiger charge is 2.31. The molecule has 0 unspecified atom stereocenters. The standard InChI is InChI=1S/C22H19ClF2N6O3/c1-4-15(32)30-8-7-11(10-30)20-28-13(18-19(26)27-9-14(23)31(18)20)6-5-12-16(24)21(33-2)29-22(34-3)17(12)25/h4,9,11H,1,7-8,10H2,2-3H3,(H2,26,27)/t11-/m0/s1. The maximum atomic E-state index is 14.7. The monoisotopic (exact) mass is 488 g/mol. The van der Waals surface area contributed by atoms with Gasteiger partial charge in [0, 0.05) is 19.0 Å². The molecule has 0 aliphatic carbocycles. The van der Waals surface area contributed by atoms with E-state index in [2.05, 4.69) is 33.4 Å². The fourth-order valence-corrected chi connectivity index (χ4v) is 4.02. The Balaban J connectivity index is 1.86. The van der Waals surface area contributed by atoms with E-state index < -0.39 is 29.0 Å². The van der Waals surface area contributed by atoms with Crippen LogP contribution in [0.25, 0.3) is 5.52 Å². The van der Waals surface area contributed by atoms with Gasteiger partial charge in [-0.25, -0.2) is 9.97 Å². The molecular weight excluding hydrogens is 470 g/mol. The number of ether oxygens (including phenoxy) is 2. The Labute approximate surface area is 198 Å². The van der Waals surface area contributed by atoms with Crippen molar-refractivity contribution < 1.29 is 23.0 Å². The van der Waals surface area contributed by atoms with Gasteiger partial charge >= 0.3 is 0 Å². The Morgan fingerprint density at radius 1 is 1.26 bits per heavy atom. The second-order valence-corrected chi connectivity index (χ2v) is 7.71. The predicted molar refractivity (Wildman–Crippen MR) is 120 cm³/mol. The van der Waals surface area contributed by atoms with Crippen molar-refractivity contribution >= 4 is 28.8 Å². The van der Waals surface area contributed by atoms with E-state index in [1.807, 2.05) is 0 Å². The third-order valence-corrected chi connectivity index (χ3v) is 5.69. The van der Waals surface area contributed by atoms with Crippen molar-refractivity contribution in [1.29, 1.82) is 0 Å². The van der Waals surface area contributed by atoms with Gasteiger partial charge in [0.2, 0.25) is 17.5 Å². The molecular formula is C22H19ClF2N6O3. The summed E-state index contributed by atoms with van der Waals surface area (Å²) in [5.41, 5.74) is 5.88. The molecule has 1 aliphatic rings. The van der Waals surface area contributed by atoms with Gasteiger partial charge in [0.25, 0.3) is 11.8 Å². The highest BCUT2D eigenvalue weighted by Crippen LogP contribution is 2.32. The number of fused-ring (bicyclic) bond motifs is 1. The minimum absolute atomic E-state index is 0.0790. The van der Waals surface area contributed by atoms with Crippen LogP contribution >= 0.6 is 11.6 Å². The van der Waals surface area contributed by atoms with Gasteiger partial charge in [0.15, 0.2) is 5.82 Å². The smallest absolute Gasteiger partial charge is 0.254 e. The zero-order chi connectivity index (χ0) is 24.6. The van der Waals surface area contributed by atoms with Crippen LogP contribution in [0.4, 0.5) is 14.6 Å². The molecule has 0 saturated carbocycles. The predicted octanol–water partition coefficient (Wildman–Crippen LogP) is 2.56. The topological polar surface area (TPSA) is 108 Å². The minimum atomic E-state index is -1.09. The second-order valence-electron chi connectivity index (χ2n) is 7.33. The first-order valence-corrected chi connectivity index (χ1v) is 10.4. The zero-order valence-corrected chi connectivity index (χ0v) is 19.0. The van der Waals surface area contributed by atoms with Crippen molar-refractivity contribution in [1.82, 2.24) is 24.3 Å². The third-order valence-electron chi connectivity index (χ3n) is 5.42. The van der Waals surface area contributed by atoms with E-state index in [0.29, 0.717) is 25.3 Å². The number of rotatable bonds is 4. The molecule has 3 aromatic rings. The molecule has 0 radical (unpaired) electrons. The summed E-state index contributed by atoms with van der Waals surface area (Å²) in [6.45, 7) is 4.41. The molecule has 1 saturated heterocycles. The first-order chi connectivity index (χ1) is 16.3. The summed E-state index contributed by atoms with van der Waals surface area (Å²) < 4.78 is 40.7. The fraction of sp³-hybridized carbons (Fsp3) is 0.273. The highest BCUT2D eigenvalue weighted by molar-refractivity contribution is 6.29. The number of anilines is 1. The molecule has 1 fully saturated rings. The second kappa shape index (κ2) is 9.15. The molecule has 4 heterocycles. The number of carbonyl (C=O) groups is 1. The average Bonchev–Trinajstić information content (AvgIpc) is 3.47. The largest absolute Gasteiger partial charge is 0.479 e. The number of imidazole rings is 1. The van der Waals surface area contributed by atoms with Crippen molar-refractivity contribution in [2.75, 3.05) is 33.0 Å². The minimum Gasteiger partial charge on any atom is -0.479 e. The number of aromatic nitrogens is 4. The fourth-order valence-electron chi connectivity index (χ4n) is 3.80. The number of amides is 1. The molecule has 1 aliphatic heterocycles. The van der Waals surface area contributed by atoms with E-state index >= 15 is 0 Å². The molecule has 1 atom stereocenters.